The zero-order valence-electron chi connectivity index (χ0n) is 8.59. The molecule has 0 unspecified atom stereocenters. The number of hydrogen-bond donors (Lipinski definition) is 2. The summed E-state index contributed by atoms with van der Waals surface area (Å²) in [5.74, 6) is -0.589. The first-order valence-corrected chi connectivity index (χ1v) is 4.87. The summed E-state index contributed by atoms with van der Waals surface area (Å²) in [6, 6.07) is 3.88. The summed E-state index contributed by atoms with van der Waals surface area (Å²) in [5.41, 5.74) is 0.670. The van der Waals surface area contributed by atoms with Crippen LogP contribution in [0.2, 0.25) is 0 Å². The molecule has 0 heterocycles. The minimum Gasteiger partial charge on any atom is -0.508 e. The Morgan fingerprint density at radius 2 is 2.20 bits per heavy atom. The Kier molecular flexibility index (Phi) is 4.09. The van der Waals surface area contributed by atoms with Crippen LogP contribution in [0.5, 0.6) is 5.75 Å². The number of nitrogens with one attached hydrogen (secondary N) is 1. The molecule has 1 rings (SSSR count). The molecule has 4 heteroatoms. The van der Waals surface area contributed by atoms with Crippen LogP contribution >= 0.6 is 0 Å². The van der Waals surface area contributed by atoms with Gasteiger partial charge in [-0.2, -0.15) is 0 Å². The maximum absolute atomic E-state index is 12.8. The number of hydrogen-bond acceptors (Lipinski definition) is 2. The van der Waals surface area contributed by atoms with E-state index in [2.05, 4.69) is 5.32 Å². The Bertz CT molecular complexity index is 332. The van der Waals surface area contributed by atoms with Crippen LogP contribution in [0.25, 0.3) is 0 Å². The first-order chi connectivity index (χ1) is 7.11. The predicted molar refractivity (Wildman–Crippen MR) is 55.1 cm³/mol. The molecule has 3 nitrogen and oxygen atoms in total. The second-order valence-electron chi connectivity index (χ2n) is 3.27. The molecule has 2 N–H and O–H groups in total. The van der Waals surface area contributed by atoms with Gasteiger partial charge in [-0.05, 0) is 24.1 Å². The first kappa shape index (κ1) is 11.5. The number of carbonyl (C=O) groups excluding carboxylic acids is 1. The van der Waals surface area contributed by atoms with Gasteiger partial charge in [0.15, 0.2) is 0 Å². The van der Waals surface area contributed by atoms with Gasteiger partial charge in [-0.15, -0.1) is 0 Å². The van der Waals surface area contributed by atoms with Gasteiger partial charge < -0.3 is 10.4 Å². The van der Waals surface area contributed by atoms with E-state index in [0.717, 1.165) is 6.07 Å². The number of halogens is 1. The lowest BCUT2D eigenvalue weighted by atomic mass is 10.1. The fraction of sp³-hybridized carbons (Fsp3) is 0.364. The summed E-state index contributed by atoms with van der Waals surface area (Å²) in [7, 11) is 0. The molecule has 0 radical (unpaired) electrons. The van der Waals surface area contributed by atoms with Crippen molar-refractivity contribution in [3.05, 3.63) is 29.6 Å². The Morgan fingerprint density at radius 1 is 1.47 bits per heavy atom. The fourth-order valence-electron chi connectivity index (χ4n) is 1.25. The summed E-state index contributed by atoms with van der Waals surface area (Å²) >= 11 is 0. The van der Waals surface area contributed by atoms with Gasteiger partial charge in [0.2, 0.25) is 5.91 Å². The molecule has 0 saturated heterocycles. The van der Waals surface area contributed by atoms with Gasteiger partial charge in [-0.1, -0.05) is 6.92 Å². The highest BCUT2D eigenvalue weighted by Crippen LogP contribution is 2.14. The summed E-state index contributed by atoms with van der Waals surface area (Å²) in [6.45, 7) is 2.22. The quantitative estimate of drug-likeness (QED) is 0.794. The van der Waals surface area contributed by atoms with Crippen molar-refractivity contribution in [1.82, 2.24) is 5.32 Å². The van der Waals surface area contributed by atoms with Crippen molar-refractivity contribution in [2.24, 2.45) is 0 Å². The minimum absolute atomic E-state index is 0.0318. The number of benzene rings is 1. The Hall–Kier alpha value is -1.58. The molecular weight excluding hydrogens is 197 g/mol. The van der Waals surface area contributed by atoms with E-state index >= 15 is 0 Å². The van der Waals surface area contributed by atoms with Crippen molar-refractivity contribution in [3.63, 3.8) is 0 Å². The molecular formula is C11H14FNO2. The third-order valence-corrected chi connectivity index (χ3v) is 2.00. The number of rotatable bonds is 4. The monoisotopic (exact) mass is 211 g/mol. The normalized spacial score (nSPS) is 10.0. The molecule has 1 aromatic carbocycles. The summed E-state index contributed by atoms with van der Waals surface area (Å²) < 4.78 is 12.8. The molecule has 0 saturated carbocycles. The molecule has 82 valence electrons. The molecule has 0 aromatic heterocycles. The molecule has 0 fully saturated rings. The molecule has 0 aliphatic rings. The largest absolute Gasteiger partial charge is 0.508 e. The zero-order valence-corrected chi connectivity index (χ0v) is 8.59. The van der Waals surface area contributed by atoms with Crippen molar-refractivity contribution in [2.75, 3.05) is 6.54 Å². The van der Waals surface area contributed by atoms with E-state index in [-0.39, 0.29) is 11.7 Å². The van der Waals surface area contributed by atoms with Crippen LogP contribution in [0, 0.1) is 5.82 Å². The smallest absolute Gasteiger partial charge is 0.219 e. The van der Waals surface area contributed by atoms with Gasteiger partial charge in [-0.25, -0.2) is 4.39 Å². The maximum atomic E-state index is 12.8. The van der Waals surface area contributed by atoms with E-state index in [9.17, 15) is 9.18 Å². The van der Waals surface area contributed by atoms with Crippen molar-refractivity contribution < 1.29 is 14.3 Å². The molecule has 0 bridgehead atoms. The predicted octanol–water partition coefficient (Wildman–Crippen LogP) is 1.60. The molecule has 0 aliphatic heterocycles. The van der Waals surface area contributed by atoms with Crippen LogP contribution in [0.15, 0.2) is 18.2 Å². The van der Waals surface area contributed by atoms with Crippen LogP contribution < -0.4 is 5.32 Å². The van der Waals surface area contributed by atoms with E-state index in [1.54, 1.807) is 6.92 Å². The van der Waals surface area contributed by atoms with E-state index in [4.69, 9.17) is 5.11 Å². The number of phenolic OH excluding ortho intramolecular Hbond substituents is 1. The van der Waals surface area contributed by atoms with Crippen LogP contribution in [0.1, 0.15) is 18.9 Å². The summed E-state index contributed by atoms with van der Waals surface area (Å²) in [4.78, 5) is 10.9. The highest BCUT2D eigenvalue weighted by atomic mass is 19.1. The number of amides is 1. The maximum Gasteiger partial charge on any atom is 0.219 e. The average Bonchev–Trinajstić information content (AvgIpc) is 2.16. The number of aromatic hydroxyl groups is 1. The molecule has 0 atom stereocenters. The van der Waals surface area contributed by atoms with Gasteiger partial charge in [-0.3, -0.25) is 4.79 Å². The summed E-state index contributed by atoms with van der Waals surface area (Å²) in [5, 5.41) is 11.8. The van der Waals surface area contributed by atoms with Gasteiger partial charge in [0.1, 0.15) is 11.6 Å². The van der Waals surface area contributed by atoms with Gasteiger partial charge in [0, 0.05) is 19.0 Å². The molecule has 1 aromatic rings. The first-order valence-electron chi connectivity index (χ1n) is 4.87. The Morgan fingerprint density at radius 3 is 2.80 bits per heavy atom. The third-order valence-electron chi connectivity index (χ3n) is 2.00. The Labute approximate surface area is 87.9 Å². The lowest BCUT2D eigenvalue weighted by Gasteiger charge is -2.04. The number of phenols is 1. The van der Waals surface area contributed by atoms with Gasteiger partial charge in [0.05, 0.1) is 0 Å². The van der Waals surface area contributed by atoms with Crippen molar-refractivity contribution in [2.45, 2.75) is 19.8 Å². The zero-order chi connectivity index (χ0) is 11.3. The van der Waals surface area contributed by atoms with Crippen LogP contribution in [0.3, 0.4) is 0 Å². The topological polar surface area (TPSA) is 49.3 Å². The van der Waals surface area contributed by atoms with Crippen molar-refractivity contribution in [1.29, 1.82) is 0 Å². The lowest BCUT2D eigenvalue weighted by Crippen LogP contribution is -2.24. The highest BCUT2D eigenvalue weighted by Gasteiger charge is 2.01. The number of carbonyl (C=O) groups is 1. The van der Waals surface area contributed by atoms with Crippen LogP contribution in [-0.2, 0) is 11.2 Å². The van der Waals surface area contributed by atoms with E-state index in [1.807, 2.05) is 0 Å². The van der Waals surface area contributed by atoms with Crippen molar-refractivity contribution >= 4 is 5.91 Å². The van der Waals surface area contributed by atoms with Crippen LogP contribution in [-0.4, -0.2) is 17.6 Å². The van der Waals surface area contributed by atoms with E-state index in [0.29, 0.717) is 24.9 Å². The van der Waals surface area contributed by atoms with Crippen LogP contribution in [0.4, 0.5) is 4.39 Å². The average molecular weight is 211 g/mol. The summed E-state index contributed by atoms with van der Waals surface area (Å²) in [6.07, 6.45) is 0.950. The van der Waals surface area contributed by atoms with E-state index < -0.39 is 5.82 Å². The fourth-order valence-corrected chi connectivity index (χ4v) is 1.25. The SMILES string of the molecule is CCC(=O)NCCc1cc(O)cc(F)c1. The Balaban J connectivity index is 2.47. The highest BCUT2D eigenvalue weighted by molar-refractivity contribution is 5.75. The van der Waals surface area contributed by atoms with Gasteiger partial charge >= 0.3 is 0 Å². The second-order valence-corrected chi connectivity index (χ2v) is 3.27. The lowest BCUT2D eigenvalue weighted by molar-refractivity contribution is -0.120. The van der Waals surface area contributed by atoms with Crippen molar-refractivity contribution in [3.8, 4) is 5.75 Å². The molecule has 1 amide bonds. The third kappa shape index (κ3) is 3.97. The van der Waals surface area contributed by atoms with E-state index in [1.165, 1.54) is 12.1 Å². The molecule has 0 aliphatic carbocycles. The standard InChI is InChI=1S/C11H14FNO2/c1-2-11(15)13-4-3-8-5-9(12)7-10(14)6-8/h5-7,14H,2-4H2,1H3,(H,13,15). The molecule has 15 heavy (non-hydrogen) atoms. The minimum atomic E-state index is -0.466. The second kappa shape index (κ2) is 5.34. The molecule has 0 spiro atoms. The van der Waals surface area contributed by atoms with Gasteiger partial charge in [0.25, 0.3) is 0 Å².